The number of nitrogens with one attached hydrogen (secondary N) is 1. The molecular formula is C24H19N4O4S-. The average molecular weight is 460 g/mol. The van der Waals surface area contributed by atoms with E-state index in [2.05, 4.69) is 10.4 Å². The quantitative estimate of drug-likeness (QED) is 0.446. The number of aromatic hydroxyl groups is 1. The molecule has 0 unspecified atom stereocenters. The van der Waals surface area contributed by atoms with Crippen LogP contribution in [0.3, 0.4) is 0 Å². The Bertz CT molecular complexity index is 1330. The second-order valence-corrected chi connectivity index (χ2v) is 8.05. The maximum Gasteiger partial charge on any atom is 0.243 e. The zero-order valence-corrected chi connectivity index (χ0v) is 18.1. The topological polar surface area (TPSA) is 116 Å². The molecule has 0 aliphatic heterocycles. The number of hydrogen-bond donors (Lipinski definition) is 2. The molecule has 0 saturated heterocycles. The van der Waals surface area contributed by atoms with Gasteiger partial charge in [0, 0.05) is 12.2 Å². The highest BCUT2D eigenvalue weighted by Crippen LogP contribution is 2.25. The molecule has 1 aromatic heterocycles. The summed E-state index contributed by atoms with van der Waals surface area (Å²) < 4.78 is 1.25. The highest BCUT2D eigenvalue weighted by Gasteiger charge is 2.15. The van der Waals surface area contributed by atoms with E-state index >= 15 is 0 Å². The Kier molecular flexibility index (Phi) is 6.51. The predicted molar refractivity (Wildman–Crippen MR) is 128 cm³/mol. The molecule has 0 bridgehead atoms. The molecule has 33 heavy (non-hydrogen) atoms. The van der Waals surface area contributed by atoms with Crippen LogP contribution >= 0.6 is 11.3 Å². The highest BCUT2D eigenvalue weighted by molar-refractivity contribution is 7.10. The SMILES string of the molecule is O=C(Cc1ccccc1)Nn1c(O)c(C=C2C=CC(=[N+]([O-])[O-])C=C2)sc1=Nc1ccccc1. The van der Waals surface area contributed by atoms with E-state index in [0.717, 1.165) is 5.56 Å². The van der Waals surface area contributed by atoms with Gasteiger partial charge in [-0.2, -0.15) is 9.58 Å². The number of rotatable bonds is 5. The number of thiazole rings is 1. The predicted octanol–water partition coefficient (Wildman–Crippen LogP) is 3.76. The maximum atomic E-state index is 12.7. The summed E-state index contributed by atoms with van der Waals surface area (Å²) in [5.41, 5.74) is 4.85. The lowest BCUT2D eigenvalue weighted by molar-refractivity contribution is -0.377. The first-order valence-electron chi connectivity index (χ1n) is 9.97. The van der Waals surface area contributed by atoms with Crippen molar-refractivity contribution in [3.05, 3.63) is 116 Å². The Morgan fingerprint density at radius 1 is 1.03 bits per heavy atom. The van der Waals surface area contributed by atoms with Gasteiger partial charge in [-0.3, -0.25) is 10.2 Å². The van der Waals surface area contributed by atoms with Crippen LogP contribution in [0.5, 0.6) is 5.88 Å². The van der Waals surface area contributed by atoms with Gasteiger partial charge in [0.1, 0.15) is 0 Å². The molecule has 1 heterocycles. The van der Waals surface area contributed by atoms with Gasteiger partial charge >= 0.3 is 0 Å². The number of carbonyl (C=O) groups is 1. The normalized spacial score (nSPS) is 13.3. The van der Waals surface area contributed by atoms with Gasteiger partial charge in [0.15, 0.2) is 0 Å². The first kappa shape index (κ1) is 21.8. The number of amides is 1. The molecule has 0 spiro atoms. The zero-order chi connectivity index (χ0) is 23.2. The van der Waals surface area contributed by atoms with E-state index in [1.54, 1.807) is 18.2 Å². The van der Waals surface area contributed by atoms with Gasteiger partial charge in [-0.1, -0.05) is 59.9 Å². The van der Waals surface area contributed by atoms with E-state index in [1.807, 2.05) is 60.7 Å². The van der Waals surface area contributed by atoms with Crippen LogP contribution < -0.4 is 10.2 Å². The van der Waals surface area contributed by atoms with E-state index in [4.69, 9.17) is 0 Å². The van der Waals surface area contributed by atoms with Crippen LogP contribution in [0.4, 0.5) is 5.69 Å². The molecule has 8 nitrogen and oxygen atoms in total. The molecule has 1 amide bonds. The molecule has 4 rings (SSSR count). The minimum Gasteiger partial charge on any atom is -0.612 e. The van der Waals surface area contributed by atoms with Gasteiger partial charge in [0.25, 0.3) is 0 Å². The van der Waals surface area contributed by atoms with Gasteiger partial charge in [-0.15, -0.1) is 0 Å². The third kappa shape index (κ3) is 5.46. The Hall–Kier alpha value is -4.37. The van der Waals surface area contributed by atoms with Crippen LogP contribution in [0.25, 0.3) is 6.08 Å². The number of hydrogen-bond acceptors (Lipinski definition) is 6. The zero-order valence-electron chi connectivity index (χ0n) is 17.3. The number of allylic oxidation sites excluding steroid dienone is 5. The van der Waals surface area contributed by atoms with E-state index in [9.17, 15) is 20.3 Å². The van der Waals surface area contributed by atoms with Gasteiger partial charge in [0.05, 0.1) is 17.0 Å². The second-order valence-electron chi connectivity index (χ2n) is 7.05. The van der Waals surface area contributed by atoms with Gasteiger partial charge in [0.2, 0.25) is 22.3 Å². The summed E-state index contributed by atoms with van der Waals surface area (Å²) in [6.07, 6.45) is 7.76. The molecule has 1 aliphatic rings. The smallest absolute Gasteiger partial charge is 0.243 e. The molecule has 166 valence electrons. The number of carbonyl (C=O) groups excluding carboxylic acids is 1. The van der Waals surface area contributed by atoms with Crippen LogP contribution in [0.15, 0.2) is 95.5 Å². The monoisotopic (exact) mass is 459 g/mol. The summed E-state index contributed by atoms with van der Waals surface area (Å²) in [7, 11) is 0. The van der Waals surface area contributed by atoms with Crippen molar-refractivity contribution in [3.63, 3.8) is 0 Å². The Morgan fingerprint density at radius 3 is 2.30 bits per heavy atom. The van der Waals surface area contributed by atoms with Crippen LogP contribution in [0.1, 0.15) is 10.4 Å². The van der Waals surface area contributed by atoms with Crippen molar-refractivity contribution in [2.45, 2.75) is 6.42 Å². The van der Waals surface area contributed by atoms with Crippen LogP contribution in [-0.4, -0.2) is 26.3 Å². The van der Waals surface area contributed by atoms with Crippen molar-refractivity contribution in [2.24, 2.45) is 4.99 Å². The summed E-state index contributed by atoms with van der Waals surface area (Å²) in [5, 5.41) is 32.6. The van der Waals surface area contributed by atoms with Crippen molar-refractivity contribution < 1.29 is 14.8 Å². The van der Waals surface area contributed by atoms with Crippen molar-refractivity contribution in [2.75, 3.05) is 5.43 Å². The number of para-hydroxylation sites is 1. The minimum absolute atomic E-state index is 0.0226. The van der Waals surface area contributed by atoms with E-state index in [1.165, 1.54) is 28.2 Å². The summed E-state index contributed by atoms with van der Waals surface area (Å²) in [5.74, 6) is -0.500. The molecule has 1 aliphatic carbocycles. The lowest BCUT2D eigenvalue weighted by atomic mass is 10.1. The van der Waals surface area contributed by atoms with Gasteiger partial charge in [-0.05, 0) is 41.5 Å². The molecule has 0 saturated carbocycles. The molecule has 0 radical (unpaired) electrons. The number of aromatic nitrogens is 1. The van der Waals surface area contributed by atoms with Crippen molar-refractivity contribution in [3.8, 4) is 5.88 Å². The van der Waals surface area contributed by atoms with E-state index in [-0.39, 0.29) is 23.9 Å². The van der Waals surface area contributed by atoms with E-state index in [0.29, 0.717) is 20.9 Å². The number of benzene rings is 2. The third-order valence-corrected chi connectivity index (χ3v) is 5.63. The average Bonchev–Trinajstić information content (AvgIpc) is 3.09. The lowest BCUT2D eigenvalue weighted by Crippen LogP contribution is -2.31. The van der Waals surface area contributed by atoms with Gasteiger partial charge in [-0.25, -0.2) is 4.99 Å². The van der Waals surface area contributed by atoms with Crippen molar-refractivity contribution >= 4 is 34.7 Å². The summed E-state index contributed by atoms with van der Waals surface area (Å²) >= 11 is 1.18. The van der Waals surface area contributed by atoms with Crippen molar-refractivity contribution in [1.82, 2.24) is 4.68 Å². The number of nitrogens with zero attached hydrogens (tertiary/aromatic N) is 3. The largest absolute Gasteiger partial charge is 0.612 e. The molecular weight excluding hydrogens is 440 g/mol. The molecule has 3 aromatic rings. The first-order chi connectivity index (χ1) is 16.0. The van der Waals surface area contributed by atoms with Crippen LogP contribution in [-0.2, 0) is 11.2 Å². The van der Waals surface area contributed by atoms with Crippen LogP contribution in [0.2, 0.25) is 0 Å². The Balaban J connectivity index is 1.70. The minimum atomic E-state index is -0.473. The highest BCUT2D eigenvalue weighted by atomic mass is 32.1. The van der Waals surface area contributed by atoms with Crippen molar-refractivity contribution in [1.29, 1.82) is 0 Å². The summed E-state index contributed by atoms with van der Waals surface area (Å²) in [4.78, 5) is 17.6. The lowest BCUT2D eigenvalue weighted by Gasteiger charge is -2.08. The Morgan fingerprint density at radius 2 is 1.67 bits per heavy atom. The van der Waals surface area contributed by atoms with Gasteiger partial charge < -0.3 is 15.5 Å². The second kappa shape index (κ2) is 9.84. The Labute approximate surface area is 193 Å². The molecule has 0 atom stereocenters. The molecule has 9 heteroatoms. The summed E-state index contributed by atoms with van der Waals surface area (Å²) in [6.45, 7) is 0. The fraction of sp³-hybridized carbons (Fsp3) is 0.0417. The third-order valence-electron chi connectivity index (χ3n) is 4.65. The fourth-order valence-electron chi connectivity index (χ4n) is 3.06. The van der Waals surface area contributed by atoms with E-state index < -0.39 is 4.90 Å². The standard InChI is InChI=1S/C24H19N4O4S/c29-22(16-17-7-3-1-4-8-17)26-27-23(30)21(15-18-11-13-20(14-12-18)28(31)32)33-24(27)25-19-9-5-2-6-10-19/h1-15H,16H2,(H2-,26,29,30,31,32)/q-1. The van der Waals surface area contributed by atoms with Crippen LogP contribution in [0, 0.1) is 10.4 Å². The molecule has 2 aromatic carbocycles. The first-order valence-corrected chi connectivity index (χ1v) is 10.8. The fourth-order valence-corrected chi connectivity index (χ4v) is 4.01. The molecule has 0 fully saturated rings. The molecule has 2 N–H and O–H groups in total. The summed E-state index contributed by atoms with van der Waals surface area (Å²) in [6, 6.07) is 18.5. The maximum absolute atomic E-state index is 12.7.